The fraction of sp³-hybridized carbons (Fsp3) is 0.462. The van der Waals surface area contributed by atoms with Gasteiger partial charge < -0.3 is 15.3 Å². The number of aryl methyl sites for hydroxylation is 1. The molecule has 0 aliphatic heterocycles. The summed E-state index contributed by atoms with van der Waals surface area (Å²) in [5.74, 6) is -1.17. The van der Waals surface area contributed by atoms with Gasteiger partial charge in [-0.15, -0.1) is 0 Å². The Balaban J connectivity index is 3.39. The number of carboxylic acids is 1. The molecule has 1 aromatic carbocycles. The van der Waals surface area contributed by atoms with E-state index in [1.54, 1.807) is 13.0 Å². The first-order valence-electron chi connectivity index (χ1n) is 5.39. The topological polar surface area (TPSA) is 77.8 Å². The summed E-state index contributed by atoms with van der Waals surface area (Å²) in [7, 11) is 0. The van der Waals surface area contributed by atoms with Gasteiger partial charge in [0.05, 0.1) is 0 Å². The van der Waals surface area contributed by atoms with Crippen LogP contribution in [-0.2, 0) is 10.2 Å². The van der Waals surface area contributed by atoms with E-state index in [9.17, 15) is 15.0 Å². The summed E-state index contributed by atoms with van der Waals surface area (Å²) in [6.07, 6.45) is -1.56. The van der Waals surface area contributed by atoms with Gasteiger partial charge >= 0.3 is 5.97 Å². The molecule has 0 spiro atoms. The standard InChI is InChI=1S/C13H18O4/c1-7-5-10(14)9(13(2,3)4)6-8(7)11(15)12(16)17/h5-6,11,14-15H,1-4H3,(H,16,17). The molecule has 1 atom stereocenters. The van der Waals surface area contributed by atoms with Crippen molar-refractivity contribution in [2.45, 2.75) is 39.2 Å². The van der Waals surface area contributed by atoms with E-state index < -0.39 is 12.1 Å². The first-order valence-corrected chi connectivity index (χ1v) is 5.39. The number of aromatic hydroxyl groups is 1. The first-order chi connectivity index (χ1) is 7.64. The van der Waals surface area contributed by atoms with Gasteiger partial charge in [0.25, 0.3) is 0 Å². The van der Waals surface area contributed by atoms with Crippen LogP contribution in [0.5, 0.6) is 5.75 Å². The van der Waals surface area contributed by atoms with Crippen molar-refractivity contribution in [3.8, 4) is 5.75 Å². The van der Waals surface area contributed by atoms with Gasteiger partial charge in [-0.1, -0.05) is 20.8 Å². The molecular formula is C13H18O4. The minimum absolute atomic E-state index is 0.122. The van der Waals surface area contributed by atoms with Crippen molar-refractivity contribution in [2.75, 3.05) is 0 Å². The zero-order chi connectivity index (χ0) is 13.4. The van der Waals surface area contributed by atoms with Gasteiger partial charge in [-0.05, 0) is 41.2 Å². The molecule has 1 unspecified atom stereocenters. The second-order valence-electron chi connectivity index (χ2n) is 5.22. The lowest BCUT2D eigenvalue weighted by molar-refractivity contribution is -0.147. The summed E-state index contributed by atoms with van der Waals surface area (Å²) in [6, 6.07) is 3.05. The molecule has 4 heteroatoms. The summed E-state index contributed by atoms with van der Waals surface area (Å²) >= 11 is 0. The van der Waals surface area contributed by atoms with Gasteiger partial charge in [-0.25, -0.2) is 4.79 Å². The maximum absolute atomic E-state index is 10.8. The second kappa shape index (κ2) is 4.37. The van der Waals surface area contributed by atoms with E-state index >= 15 is 0 Å². The highest BCUT2D eigenvalue weighted by Gasteiger charge is 2.24. The van der Waals surface area contributed by atoms with Crippen molar-refractivity contribution in [3.63, 3.8) is 0 Å². The van der Waals surface area contributed by atoms with E-state index in [2.05, 4.69) is 0 Å². The Bertz CT molecular complexity index is 443. The lowest BCUT2D eigenvalue weighted by Gasteiger charge is -2.23. The molecule has 0 saturated heterocycles. The maximum Gasteiger partial charge on any atom is 0.337 e. The van der Waals surface area contributed by atoms with Crippen molar-refractivity contribution in [2.24, 2.45) is 0 Å². The minimum atomic E-state index is -1.56. The smallest absolute Gasteiger partial charge is 0.337 e. The van der Waals surface area contributed by atoms with Crippen molar-refractivity contribution >= 4 is 5.97 Å². The Morgan fingerprint density at radius 3 is 2.24 bits per heavy atom. The molecule has 3 N–H and O–H groups in total. The molecule has 0 saturated carbocycles. The monoisotopic (exact) mass is 238 g/mol. The van der Waals surface area contributed by atoms with Gasteiger partial charge in [0.2, 0.25) is 0 Å². The van der Waals surface area contributed by atoms with E-state index in [4.69, 9.17) is 5.11 Å². The molecule has 0 aromatic heterocycles. The van der Waals surface area contributed by atoms with Crippen molar-refractivity contribution < 1.29 is 20.1 Å². The predicted octanol–water partition coefficient (Wildman–Crippen LogP) is 2.12. The number of rotatable bonds is 2. The number of hydrogen-bond acceptors (Lipinski definition) is 3. The SMILES string of the molecule is Cc1cc(O)c(C(C)(C)C)cc1C(O)C(=O)O. The molecule has 0 aliphatic carbocycles. The zero-order valence-electron chi connectivity index (χ0n) is 10.5. The highest BCUT2D eigenvalue weighted by Crippen LogP contribution is 2.34. The predicted molar refractivity (Wildman–Crippen MR) is 64.1 cm³/mol. The van der Waals surface area contributed by atoms with Crippen LogP contribution in [0.15, 0.2) is 12.1 Å². The van der Waals surface area contributed by atoms with Crippen molar-refractivity contribution in [1.82, 2.24) is 0 Å². The molecule has 0 amide bonds. The van der Waals surface area contributed by atoms with Crippen LogP contribution in [0.1, 0.15) is 43.6 Å². The third-order valence-corrected chi connectivity index (χ3v) is 2.72. The van der Waals surface area contributed by atoms with Crippen LogP contribution in [0.4, 0.5) is 0 Å². The number of phenolic OH excluding ortho intramolecular Hbond substituents is 1. The number of carboxylic acid groups (broad SMARTS) is 1. The molecular weight excluding hydrogens is 220 g/mol. The number of aliphatic hydroxyl groups excluding tert-OH is 1. The average Bonchev–Trinajstić information content (AvgIpc) is 2.14. The zero-order valence-corrected chi connectivity index (χ0v) is 10.5. The van der Waals surface area contributed by atoms with E-state index in [1.807, 2.05) is 20.8 Å². The van der Waals surface area contributed by atoms with Crippen LogP contribution in [0.2, 0.25) is 0 Å². The third kappa shape index (κ3) is 2.77. The molecule has 0 bridgehead atoms. The van der Waals surface area contributed by atoms with E-state index in [0.717, 1.165) is 0 Å². The summed E-state index contributed by atoms with van der Waals surface area (Å²) < 4.78 is 0. The van der Waals surface area contributed by atoms with E-state index in [0.29, 0.717) is 16.7 Å². The summed E-state index contributed by atoms with van der Waals surface area (Å²) in [5.41, 5.74) is 1.19. The number of phenols is 1. The van der Waals surface area contributed by atoms with Crippen LogP contribution >= 0.6 is 0 Å². The summed E-state index contributed by atoms with van der Waals surface area (Å²) in [6.45, 7) is 7.39. The Morgan fingerprint density at radius 1 is 1.29 bits per heavy atom. The lowest BCUT2D eigenvalue weighted by atomic mass is 9.83. The third-order valence-electron chi connectivity index (χ3n) is 2.72. The van der Waals surface area contributed by atoms with Gasteiger partial charge in [-0.3, -0.25) is 0 Å². The Kier molecular flexibility index (Phi) is 3.48. The molecule has 17 heavy (non-hydrogen) atoms. The quantitative estimate of drug-likeness (QED) is 0.737. The summed E-state index contributed by atoms with van der Waals surface area (Å²) in [5, 5.41) is 28.2. The normalized spacial score (nSPS) is 13.5. The molecule has 0 fully saturated rings. The van der Waals surface area contributed by atoms with Crippen molar-refractivity contribution in [3.05, 3.63) is 28.8 Å². The van der Waals surface area contributed by atoms with Gasteiger partial charge in [0.1, 0.15) is 5.75 Å². The van der Waals surface area contributed by atoms with Crippen LogP contribution in [0.3, 0.4) is 0 Å². The fourth-order valence-corrected chi connectivity index (χ4v) is 1.74. The van der Waals surface area contributed by atoms with Gasteiger partial charge in [0, 0.05) is 0 Å². The highest BCUT2D eigenvalue weighted by atomic mass is 16.4. The number of aliphatic carboxylic acids is 1. The van der Waals surface area contributed by atoms with Gasteiger partial charge in [-0.2, -0.15) is 0 Å². The van der Waals surface area contributed by atoms with Crippen LogP contribution < -0.4 is 0 Å². The highest BCUT2D eigenvalue weighted by molar-refractivity contribution is 5.75. The second-order valence-corrected chi connectivity index (χ2v) is 5.22. The van der Waals surface area contributed by atoms with E-state index in [1.165, 1.54) is 6.07 Å². The Hall–Kier alpha value is -1.55. The van der Waals surface area contributed by atoms with Gasteiger partial charge in [0.15, 0.2) is 6.10 Å². The molecule has 0 aliphatic rings. The number of carbonyl (C=O) groups is 1. The van der Waals surface area contributed by atoms with Crippen LogP contribution in [0, 0.1) is 6.92 Å². The molecule has 1 aromatic rings. The molecule has 94 valence electrons. The number of aliphatic hydroxyl groups is 1. The molecule has 0 heterocycles. The number of hydrogen-bond donors (Lipinski definition) is 3. The Labute approximate surface area is 101 Å². The molecule has 1 rings (SSSR count). The average molecular weight is 238 g/mol. The largest absolute Gasteiger partial charge is 0.508 e. The maximum atomic E-state index is 10.8. The minimum Gasteiger partial charge on any atom is -0.508 e. The van der Waals surface area contributed by atoms with Crippen LogP contribution in [-0.4, -0.2) is 21.3 Å². The number of benzene rings is 1. The van der Waals surface area contributed by atoms with E-state index in [-0.39, 0.29) is 11.2 Å². The lowest BCUT2D eigenvalue weighted by Crippen LogP contribution is -2.16. The first kappa shape index (κ1) is 13.5. The Morgan fingerprint density at radius 2 is 1.82 bits per heavy atom. The van der Waals surface area contributed by atoms with Crippen LogP contribution in [0.25, 0.3) is 0 Å². The summed E-state index contributed by atoms with van der Waals surface area (Å²) in [4.78, 5) is 10.8. The molecule has 0 radical (unpaired) electrons. The fourth-order valence-electron chi connectivity index (χ4n) is 1.74. The molecule has 4 nitrogen and oxygen atoms in total. The van der Waals surface area contributed by atoms with Crippen molar-refractivity contribution in [1.29, 1.82) is 0 Å².